The van der Waals surface area contributed by atoms with Gasteiger partial charge in [-0.1, -0.05) is 52.0 Å². The lowest BCUT2D eigenvalue weighted by Crippen LogP contribution is -2.16. The minimum Gasteiger partial charge on any atom is -0.454 e. The maximum atomic E-state index is 12.3. The van der Waals surface area contributed by atoms with Gasteiger partial charge in [0.15, 0.2) is 11.5 Å². The van der Waals surface area contributed by atoms with Crippen LogP contribution in [0.3, 0.4) is 0 Å². The first-order chi connectivity index (χ1) is 13.2. The lowest BCUT2D eigenvalue weighted by Gasteiger charge is -2.12. The molecule has 2 atom stereocenters. The van der Waals surface area contributed by atoms with E-state index in [-0.39, 0.29) is 5.25 Å². The van der Waals surface area contributed by atoms with Gasteiger partial charge < -0.3 is 9.47 Å². The summed E-state index contributed by atoms with van der Waals surface area (Å²) in [5.41, 5.74) is 1.17. The lowest BCUT2D eigenvalue weighted by molar-refractivity contribution is 0.174. The highest BCUT2D eigenvalue weighted by molar-refractivity contribution is 7.99. The van der Waals surface area contributed by atoms with Gasteiger partial charge in [-0.3, -0.25) is 4.21 Å². The molecule has 0 amide bonds. The summed E-state index contributed by atoms with van der Waals surface area (Å²) in [6.45, 7) is 4.61. The molecule has 0 saturated carbocycles. The van der Waals surface area contributed by atoms with Crippen LogP contribution in [-0.4, -0.2) is 33.5 Å². The van der Waals surface area contributed by atoms with Gasteiger partial charge in [0.25, 0.3) is 0 Å². The van der Waals surface area contributed by atoms with Crippen molar-refractivity contribution in [2.24, 2.45) is 0 Å². The summed E-state index contributed by atoms with van der Waals surface area (Å²) in [6, 6.07) is 6.01. The number of fused-ring (bicyclic) bond motifs is 1. The number of rotatable bonds is 10. The minimum absolute atomic E-state index is 0.191. The molecule has 0 bridgehead atoms. The molecule has 5 heteroatoms. The Kier molecular flexibility index (Phi) is 11.3. The third-order valence-corrected chi connectivity index (χ3v) is 7.85. The van der Waals surface area contributed by atoms with E-state index in [2.05, 4.69) is 25.6 Å². The molecule has 1 aromatic rings. The van der Waals surface area contributed by atoms with Crippen LogP contribution in [0.15, 0.2) is 18.2 Å². The van der Waals surface area contributed by atoms with E-state index in [0.29, 0.717) is 6.79 Å². The van der Waals surface area contributed by atoms with E-state index in [9.17, 15) is 4.21 Å². The maximum Gasteiger partial charge on any atom is 0.231 e. The second-order valence-corrected chi connectivity index (χ2v) is 10.6. The van der Waals surface area contributed by atoms with E-state index < -0.39 is 10.8 Å². The average molecular weight is 413 g/mol. The van der Waals surface area contributed by atoms with Crippen LogP contribution < -0.4 is 9.47 Å². The highest BCUT2D eigenvalue weighted by Gasteiger charge is 2.16. The molecule has 2 unspecified atom stereocenters. The molecule has 1 saturated heterocycles. The van der Waals surface area contributed by atoms with Gasteiger partial charge in [-0.05, 0) is 54.9 Å². The standard InChI is InChI=1S/C18H28O3S.C4H8S/c1-3-4-5-6-7-8-11-22(19)15(2)12-16-9-10-17-18(13-16)21-14-20-17;1-2-4-5-3-1/h9-10,13,15H,3-8,11-12,14H2,1-2H3;1-4H2. The lowest BCUT2D eigenvalue weighted by atomic mass is 10.1. The molecule has 154 valence electrons. The summed E-state index contributed by atoms with van der Waals surface area (Å²) < 4.78 is 23.0. The van der Waals surface area contributed by atoms with Gasteiger partial charge in [-0.2, -0.15) is 11.8 Å². The molecule has 0 radical (unpaired) electrons. The van der Waals surface area contributed by atoms with Crippen molar-refractivity contribution >= 4 is 22.6 Å². The van der Waals surface area contributed by atoms with Gasteiger partial charge in [-0.15, -0.1) is 0 Å². The summed E-state index contributed by atoms with van der Waals surface area (Å²) in [4.78, 5) is 0. The van der Waals surface area contributed by atoms with Crippen molar-refractivity contribution in [1.29, 1.82) is 0 Å². The Morgan fingerprint density at radius 1 is 1.04 bits per heavy atom. The number of ether oxygens (including phenoxy) is 2. The molecule has 1 fully saturated rings. The van der Waals surface area contributed by atoms with Gasteiger partial charge in [0.2, 0.25) is 6.79 Å². The Morgan fingerprint density at radius 3 is 2.44 bits per heavy atom. The number of hydrogen-bond acceptors (Lipinski definition) is 4. The zero-order chi connectivity index (χ0) is 19.3. The first-order valence-electron chi connectivity index (χ1n) is 10.5. The SMILES string of the molecule is C1CCSC1.CCCCCCCCS(=O)C(C)Cc1ccc2c(c1)OCO2. The maximum absolute atomic E-state index is 12.3. The first kappa shape index (κ1) is 22.6. The van der Waals surface area contributed by atoms with Crippen molar-refractivity contribution in [2.75, 3.05) is 24.1 Å². The number of hydrogen-bond donors (Lipinski definition) is 0. The van der Waals surface area contributed by atoms with Crippen LogP contribution in [0.4, 0.5) is 0 Å². The summed E-state index contributed by atoms with van der Waals surface area (Å²) in [5, 5.41) is 0.191. The predicted molar refractivity (Wildman–Crippen MR) is 119 cm³/mol. The second-order valence-electron chi connectivity index (χ2n) is 7.37. The summed E-state index contributed by atoms with van der Waals surface area (Å²) in [7, 11) is -0.743. The number of unbranched alkanes of at least 4 members (excludes halogenated alkanes) is 5. The monoisotopic (exact) mass is 412 g/mol. The van der Waals surface area contributed by atoms with Crippen molar-refractivity contribution in [1.82, 2.24) is 0 Å². The third kappa shape index (κ3) is 8.91. The minimum atomic E-state index is -0.743. The van der Waals surface area contributed by atoms with E-state index in [1.807, 2.05) is 18.2 Å². The van der Waals surface area contributed by atoms with Gasteiger partial charge in [0, 0.05) is 21.8 Å². The van der Waals surface area contributed by atoms with Crippen LogP contribution in [0.1, 0.15) is 70.8 Å². The molecule has 0 aliphatic carbocycles. The van der Waals surface area contributed by atoms with Crippen LogP contribution >= 0.6 is 11.8 Å². The highest BCUT2D eigenvalue weighted by atomic mass is 32.2. The quantitative estimate of drug-likeness (QED) is 0.444. The van der Waals surface area contributed by atoms with Crippen LogP contribution in [0.25, 0.3) is 0 Å². The van der Waals surface area contributed by atoms with Gasteiger partial charge in [0.05, 0.1) is 0 Å². The largest absolute Gasteiger partial charge is 0.454 e. The molecule has 2 heterocycles. The molecule has 27 heavy (non-hydrogen) atoms. The fraction of sp³-hybridized carbons (Fsp3) is 0.727. The fourth-order valence-corrected chi connectivity index (χ4v) is 5.52. The Hall–Kier alpha value is -0.680. The zero-order valence-corrected chi connectivity index (χ0v) is 18.7. The molecular formula is C22H36O3S2. The Balaban J connectivity index is 0.000000451. The van der Waals surface area contributed by atoms with Crippen LogP contribution in [-0.2, 0) is 17.2 Å². The average Bonchev–Trinajstić information content (AvgIpc) is 3.38. The van der Waals surface area contributed by atoms with Crippen molar-refractivity contribution in [3.05, 3.63) is 23.8 Å². The van der Waals surface area contributed by atoms with Crippen molar-refractivity contribution < 1.29 is 13.7 Å². The van der Waals surface area contributed by atoms with Crippen LogP contribution in [0.5, 0.6) is 11.5 Å². The number of thioether (sulfide) groups is 1. The van der Waals surface area contributed by atoms with Crippen LogP contribution in [0.2, 0.25) is 0 Å². The molecule has 3 nitrogen and oxygen atoms in total. The Bertz CT molecular complexity index is 551. The van der Waals surface area contributed by atoms with Gasteiger partial charge >= 0.3 is 0 Å². The van der Waals surface area contributed by atoms with Gasteiger partial charge in [0.1, 0.15) is 0 Å². The molecule has 0 N–H and O–H groups in total. The topological polar surface area (TPSA) is 35.5 Å². The Morgan fingerprint density at radius 2 is 1.74 bits per heavy atom. The van der Waals surface area contributed by atoms with Crippen LogP contribution in [0, 0.1) is 0 Å². The molecule has 2 aliphatic rings. The summed E-state index contributed by atoms with van der Waals surface area (Å²) >= 11 is 2.07. The molecule has 3 rings (SSSR count). The van der Waals surface area contributed by atoms with Crippen molar-refractivity contribution in [3.63, 3.8) is 0 Å². The van der Waals surface area contributed by atoms with E-state index in [0.717, 1.165) is 30.1 Å². The van der Waals surface area contributed by atoms with E-state index in [1.54, 1.807) is 0 Å². The molecular weight excluding hydrogens is 376 g/mol. The summed E-state index contributed by atoms with van der Waals surface area (Å²) in [6.07, 6.45) is 11.2. The van der Waals surface area contributed by atoms with E-state index >= 15 is 0 Å². The molecule has 0 spiro atoms. The first-order valence-corrected chi connectivity index (χ1v) is 13.1. The summed E-state index contributed by atoms with van der Waals surface area (Å²) in [5.74, 6) is 5.29. The predicted octanol–water partition coefficient (Wildman–Crippen LogP) is 5.97. The second kappa shape index (κ2) is 13.5. The van der Waals surface area contributed by atoms with E-state index in [1.165, 1.54) is 62.0 Å². The normalized spacial score (nSPS) is 17.3. The zero-order valence-electron chi connectivity index (χ0n) is 17.0. The molecule has 1 aromatic carbocycles. The number of benzene rings is 1. The fourth-order valence-electron chi connectivity index (χ4n) is 3.23. The smallest absolute Gasteiger partial charge is 0.231 e. The Labute approximate surface area is 172 Å². The molecule has 2 aliphatic heterocycles. The van der Waals surface area contributed by atoms with E-state index in [4.69, 9.17) is 9.47 Å². The third-order valence-electron chi connectivity index (χ3n) is 4.94. The van der Waals surface area contributed by atoms with Crippen molar-refractivity contribution in [2.45, 2.75) is 76.9 Å². The van der Waals surface area contributed by atoms with Gasteiger partial charge in [-0.25, -0.2) is 0 Å². The van der Waals surface area contributed by atoms with Crippen molar-refractivity contribution in [3.8, 4) is 11.5 Å². The molecule has 0 aromatic heterocycles. The highest BCUT2D eigenvalue weighted by Crippen LogP contribution is 2.33.